The van der Waals surface area contributed by atoms with Crippen LogP contribution in [0.25, 0.3) is 0 Å². The van der Waals surface area contributed by atoms with Gasteiger partial charge in [0.2, 0.25) is 0 Å². The van der Waals surface area contributed by atoms with Crippen molar-refractivity contribution in [2.45, 2.75) is 19.9 Å². The van der Waals surface area contributed by atoms with Crippen molar-refractivity contribution in [1.82, 2.24) is 5.32 Å². The molecule has 1 N–H and O–H groups in total. The van der Waals surface area contributed by atoms with E-state index >= 15 is 0 Å². The molecule has 1 aromatic rings. The van der Waals surface area contributed by atoms with Crippen LogP contribution < -0.4 is 5.32 Å². The van der Waals surface area contributed by atoms with Crippen molar-refractivity contribution in [2.75, 3.05) is 14.2 Å². The summed E-state index contributed by atoms with van der Waals surface area (Å²) < 4.78 is 4.73. The Bertz CT molecular complexity index is 333. The first-order chi connectivity index (χ1) is 6.60. The van der Waals surface area contributed by atoms with E-state index in [0.29, 0.717) is 0 Å². The minimum Gasteiger partial charge on any atom is -0.468 e. The number of aryl methyl sites for hydroxylation is 2. The molecule has 1 atom stereocenters. The Morgan fingerprint density at radius 1 is 1.57 bits per heavy atom. The van der Waals surface area contributed by atoms with Gasteiger partial charge in [0.25, 0.3) is 0 Å². The predicted octanol–water partition coefficient (Wildman–Crippen LogP) is 1.80. The Balaban J connectivity index is 3.00. The second kappa shape index (κ2) is 4.57. The molecule has 0 fully saturated rings. The topological polar surface area (TPSA) is 38.3 Å². The number of thiophene rings is 1. The molecule has 0 aliphatic rings. The highest BCUT2D eigenvalue weighted by Crippen LogP contribution is 2.26. The van der Waals surface area contributed by atoms with Gasteiger partial charge in [0, 0.05) is 9.75 Å². The van der Waals surface area contributed by atoms with Crippen LogP contribution in [0, 0.1) is 13.8 Å². The number of carbonyl (C=O) groups excluding carboxylic acids is 1. The Hall–Kier alpha value is -0.870. The number of esters is 1. The highest BCUT2D eigenvalue weighted by molar-refractivity contribution is 7.12. The molecule has 0 saturated heterocycles. The Morgan fingerprint density at radius 2 is 2.21 bits per heavy atom. The molecule has 4 heteroatoms. The Morgan fingerprint density at radius 3 is 2.57 bits per heavy atom. The van der Waals surface area contributed by atoms with Crippen LogP contribution in [-0.4, -0.2) is 20.1 Å². The van der Waals surface area contributed by atoms with Gasteiger partial charge in [0.05, 0.1) is 7.11 Å². The van der Waals surface area contributed by atoms with Crippen LogP contribution in [0.5, 0.6) is 0 Å². The van der Waals surface area contributed by atoms with Crippen LogP contribution in [-0.2, 0) is 9.53 Å². The number of methoxy groups -OCH3 is 1. The highest BCUT2D eigenvalue weighted by atomic mass is 32.1. The first kappa shape index (κ1) is 11.2. The number of ether oxygens (including phenoxy) is 1. The maximum Gasteiger partial charge on any atom is 0.327 e. The molecule has 0 aliphatic heterocycles. The fourth-order valence-corrected chi connectivity index (χ4v) is 2.42. The minimum absolute atomic E-state index is 0.242. The van der Waals surface area contributed by atoms with Gasteiger partial charge in [-0.05, 0) is 32.5 Å². The molecular weight excluding hydrogens is 198 g/mol. The van der Waals surface area contributed by atoms with Gasteiger partial charge in [0.15, 0.2) is 0 Å². The Kier molecular flexibility index (Phi) is 3.66. The zero-order chi connectivity index (χ0) is 10.7. The first-order valence-corrected chi connectivity index (χ1v) is 5.23. The van der Waals surface area contributed by atoms with E-state index < -0.39 is 0 Å². The second-order valence-electron chi connectivity index (χ2n) is 3.11. The average Bonchev–Trinajstić information content (AvgIpc) is 2.47. The average molecular weight is 213 g/mol. The summed E-state index contributed by atoms with van der Waals surface area (Å²) >= 11 is 1.69. The lowest BCUT2D eigenvalue weighted by Crippen LogP contribution is -2.26. The van der Waals surface area contributed by atoms with Gasteiger partial charge in [-0.15, -0.1) is 11.3 Å². The molecule has 1 aromatic heterocycles. The zero-order valence-corrected chi connectivity index (χ0v) is 9.70. The van der Waals surface area contributed by atoms with E-state index in [2.05, 4.69) is 5.32 Å². The quantitative estimate of drug-likeness (QED) is 0.778. The van der Waals surface area contributed by atoms with Gasteiger partial charge < -0.3 is 10.1 Å². The number of nitrogens with one attached hydrogen (secondary N) is 1. The van der Waals surface area contributed by atoms with E-state index in [1.165, 1.54) is 12.0 Å². The van der Waals surface area contributed by atoms with Gasteiger partial charge in [-0.3, -0.25) is 0 Å². The number of carbonyl (C=O) groups is 1. The monoisotopic (exact) mass is 213 g/mol. The zero-order valence-electron chi connectivity index (χ0n) is 8.88. The molecule has 0 aliphatic carbocycles. The maximum atomic E-state index is 11.4. The summed E-state index contributed by atoms with van der Waals surface area (Å²) in [4.78, 5) is 13.8. The van der Waals surface area contributed by atoms with Gasteiger partial charge in [-0.2, -0.15) is 0 Å². The lowest BCUT2D eigenvalue weighted by atomic mass is 10.1. The molecule has 1 unspecified atom stereocenters. The lowest BCUT2D eigenvalue weighted by molar-refractivity contribution is -0.143. The molecular formula is C10H15NO2S. The maximum absolute atomic E-state index is 11.4. The van der Waals surface area contributed by atoms with Crippen LogP contribution >= 0.6 is 11.3 Å². The number of hydrogen-bond donors (Lipinski definition) is 1. The third kappa shape index (κ3) is 2.13. The van der Waals surface area contributed by atoms with E-state index in [0.717, 1.165) is 10.4 Å². The van der Waals surface area contributed by atoms with Crippen LogP contribution in [0.3, 0.4) is 0 Å². The summed E-state index contributed by atoms with van der Waals surface area (Å²) in [6.45, 7) is 4.05. The van der Waals surface area contributed by atoms with Gasteiger partial charge in [0.1, 0.15) is 6.04 Å². The van der Waals surface area contributed by atoms with Crippen molar-refractivity contribution in [1.29, 1.82) is 0 Å². The molecule has 78 valence electrons. The normalized spacial score (nSPS) is 12.6. The Labute approximate surface area is 88.1 Å². The largest absolute Gasteiger partial charge is 0.468 e. The molecule has 0 bridgehead atoms. The number of rotatable bonds is 3. The summed E-state index contributed by atoms with van der Waals surface area (Å²) in [6, 6.07) is 1.68. The van der Waals surface area contributed by atoms with Crippen LogP contribution in [0.15, 0.2) is 6.07 Å². The van der Waals surface area contributed by atoms with E-state index in [-0.39, 0.29) is 12.0 Å². The molecule has 0 amide bonds. The molecule has 0 spiro atoms. The second-order valence-corrected chi connectivity index (χ2v) is 4.57. The summed E-state index contributed by atoms with van der Waals surface area (Å²) in [6.07, 6.45) is 0. The van der Waals surface area contributed by atoms with E-state index in [9.17, 15) is 4.79 Å². The van der Waals surface area contributed by atoms with Crippen molar-refractivity contribution >= 4 is 17.3 Å². The fraction of sp³-hybridized carbons (Fsp3) is 0.500. The van der Waals surface area contributed by atoms with Crippen molar-refractivity contribution in [3.05, 3.63) is 21.4 Å². The minimum atomic E-state index is -0.343. The molecule has 3 nitrogen and oxygen atoms in total. The smallest absolute Gasteiger partial charge is 0.327 e. The molecule has 0 radical (unpaired) electrons. The van der Waals surface area contributed by atoms with Gasteiger partial charge >= 0.3 is 5.97 Å². The van der Waals surface area contributed by atoms with Crippen LogP contribution in [0.2, 0.25) is 0 Å². The van der Waals surface area contributed by atoms with Crippen LogP contribution in [0.1, 0.15) is 21.4 Å². The van der Waals surface area contributed by atoms with Gasteiger partial charge in [-0.25, -0.2) is 4.79 Å². The van der Waals surface area contributed by atoms with Crippen LogP contribution in [0.4, 0.5) is 0 Å². The van der Waals surface area contributed by atoms with Crippen molar-refractivity contribution in [3.63, 3.8) is 0 Å². The number of likely N-dealkylation sites (N-methyl/N-ethyl adjacent to an activating group) is 1. The molecule has 1 heterocycles. The van der Waals surface area contributed by atoms with Gasteiger partial charge in [-0.1, -0.05) is 0 Å². The van der Waals surface area contributed by atoms with E-state index in [1.54, 1.807) is 18.4 Å². The van der Waals surface area contributed by atoms with Crippen molar-refractivity contribution in [3.8, 4) is 0 Å². The third-order valence-electron chi connectivity index (χ3n) is 2.12. The number of hydrogen-bond acceptors (Lipinski definition) is 4. The SMILES string of the molecule is CNC(C(=O)OC)c1cc(C)sc1C. The molecule has 0 saturated carbocycles. The van der Waals surface area contributed by atoms with Crippen molar-refractivity contribution in [2.24, 2.45) is 0 Å². The van der Waals surface area contributed by atoms with E-state index in [4.69, 9.17) is 4.74 Å². The summed E-state index contributed by atoms with van der Waals surface area (Å²) in [5.74, 6) is -0.242. The third-order valence-corrected chi connectivity index (χ3v) is 3.10. The fourth-order valence-electron chi connectivity index (χ4n) is 1.46. The summed E-state index contributed by atoms with van der Waals surface area (Å²) in [7, 11) is 3.16. The summed E-state index contributed by atoms with van der Waals surface area (Å²) in [5, 5.41) is 2.96. The standard InChI is InChI=1S/C10H15NO2S/c1-6-5-8(7(2)14-6)9(11-3)10(12)13-4/h5,9,11H,1-4H3. The van der Waals surface area contributed by atoms with Crippen molar-refractivity contribution < 1.29 is 9.53 Å². The predicted molar refractivity (Wildman–Crippen MR) is 57.6 cm³/mol. The molecule has 1 rings (SSSR count). The lowest BCUT2D eigenvalue weighted by Gasteiger charge is -2.13. The highest BCUT2D eigenvalue weighted by Gasteiger charge is 2.22. The molecule has 14 heavy (non-hydrogen) atoms. The first-order valence-electron chi connectivity index (χ1n) is 4.42. The summed E-state index contributed by atoms with van der Waals surface area (Å²) in [5.41, 5.74) is 1.02. The van der Waals surface area contributed by atoms with E-state index in [1.807, 2.05) is 19.9 Å². The molecule has 0 aromatic carbocycles.